The first kappa shape index (κ1) is 13.0. The second-order valence-electron chi connectivity index (χ2n) is 3.71. The van der Waals surface area contributed by atoms with Crippen molar-refractivity contribution < 1.29 is 4.74 Å². The number of aliphatic imine (C=N–C) groups is 1. The Bertz CT molecular complexity index is 453. The number of rotatable bonds is 2. The Morgan fingerprint density at radius 1 is 1.19 bits per heavy atom. The summed E-state index contributed by atoms with van der Waals surface area (Å²) in [6, 6.07) is 0. The Balaban J connectivity index is 3.71. The third-order valence-electron chi connectivity index (χ3n) is 2.86. The third kappa shape index (κ3) is 1.94. The van der Waals surface area contributed by atoms with Gasteiger partial charge >= 0.3 is 0 Å². The fraction of sp³-hybridized carbons (Fsp3) is 0.417. The highest BCUT2D eigenvalue weighted by Crippen LogP contribution is 2.35. The zero-order valence-electron chi connectivity index (χ0n) is 10.3. The van der Waals surface area contributed by atoms with Gasteiger partial charge in [-0.15, -0.1) is 0 Å². The summed E-state index contributed by atoms with van der Waals surface area (Å²) in [5.41, 5.74) is 10.1. The van der Waals surface area contributed by atoms with Gasteiger partial charge in [-0.1, -0.05) is 15.9 Å². The van der Waals surface area contributed by atoms with Crippen LogP contribution in [0.25, 0.3) is 0 Å². The first-order valence-corrected chi connectivity index (χ1v) is 5.80. The molecule has 16 heavy (non-hydrogen) atoms. The van der Waals surface area contributed by atoms with Crippen molar-refractivity contribution in [1.29, 1.82) is 0 Å². The van der Waals surface area contributed by atoms with Crippen LogP contribution in [0, 0.1) is 20.8 Å². The molecule has 0 bridgehead atoms. The topological polar surface area (TPSA) is 47.6 Å². The lowest BCUT2D eigenvalue weighted by atomic mass is 9.98. The van der Waals surface area contributed by atoms with Crippen LogP contribution in [0.4, 0.5) is 0 Å². The Morgan fingerprint density at radius 3 is 2.19 bits per heavy atom. The molecular weight excluding hydrogens is 268 g/mol. The van der Waals surface area contributed by atoms with Gasteiger partial charge < -0.3 is 10.5 Å². The zero-order valence-corrected chi connectivity index (χ0v) is 11.9. The van der Waals surface area contributed by atoms with Crippen molar-refractivity contribution >= 4 is 21.8 Å². The number of benzene rings is 1. The average Bonchev–Trinajstić information content (AvgIpc) is 2.29. The minimum Gasteiger partial charge on any atom is -0.496 e. The number of hydrogen-bond donors (Lipinski definition) is 1. The summed E-state index contributed by atoms with van der Waals surface area (Å²) in [5.74, 6) is 1.31. The van der Waals surface area contributed by atoms with Gasteiger partial charge in [-0.3, -0.25) is 4.99 Å². The van der Waals surface area contributed by atoms with E-state index in [1.807, 2.05) is 13.8 Å². The van der Waals surface area contributed by atoms with Crippen molar-refractivity contribution in [2.75, 3.05) is 14.2 Å². The van der Waals surface area contributed by atoms with Gasteiger partial charge in [-0.2, -0.15) is 0 Å². The fourth-order valence-electron chi connectivity index (χ4n) is 1.76. The van der Waals surface area contributed by atoms with E-state index >= 15 is 0 Å². The number of nitrogens with zero attached hydrogens (tertiary/aromatic N) is 1. The molecule has 0 fully saturated rings. The molecule has 4 heteroatoms. The monoisotopic (exact) mass is 284 g/mol. The molecule has 1 rings (SSSR count). The van der Waals surface area contributed by atoms with Gasteiger partial charge in [0.25, 0.3) is 0 Å². The van der Waals surface area contributed by atoms with Crippen LogP contribution in [0.1, 0.15) is 22.3 Å². The first-order valence-electron chi connectivity index (χ1n) is 5.01. The highest BCUT2D eigenvalue weighted by molar-refractivity contribution is 9.10. The summed E-state index contributed by atoms with van der Waals surface area (Å²) >= 11 is 3.58. The molecule has 0 amide bonds. The molecule has 0 radical (unpaired) electrons. The van der Waals surface area contributed by atoms with Crippen LogP contribution in [0.15, 0.2) is 9.47 Å². The van der Waals surface area contributed by atoms with Gasteiger partial charge in [-0.05, 0) is 37.5 Å². The van der Waals surface area contributed by atoms with Crippen LogP contribution in [0.5, 0.6) is 5.75 Å². The zero-order chi connectivity index (χ0) is 12.5. The molecule has 0 aliphatic rings. The van der Waals surface area contributed by atoms with Crippen LogP contribution in [0.2, 0.25) is 0 Å². The molecule has 2 N–H and O–H groups in total. The molecule has 0 spiro atoms. The summed E-state index contributed by atoms with van der Waals surface area (Å²) in [7, 11) is 3.33. The lowest BCUT2D eigenvalue weighted by Crippen LogP contribution is -2.17. The van der Waals surface area contributed by atoms with Gasteiger partial charge in [0.15, 0.2) is 0 Å². The second-order valence-corrected chi connectivity index (χ2v) is 4.50. The molecule has 0 aliphatic carbocycles. The molecule has 0 unspecified atom stereocenters. The maximum absolute atomic E-state index is 5.91. The van der Waals surface area contributed by atoms with Crippen LogP contribution in [0.3, 0.4) is 0 Å². The van der Waals surface area contributed by atoms with E-state index in [1.54, 1.807) is 14.2 Å². The van der Waals surface area contributed by atoms with Crippen LogP contribution >= 0.6 is 15.9 Å². The minimum absolute atomic E-state index is 0.498. The number of ether oxygens (including phenoxy) is 1. The second kappa shape index (κ2) is 4.87. The quantitative estimate of drug-likeness (QED) is 0.671. The molecule has 0 heterocycles. The van der Waals surface area contributed by atoms with Gasteiger partial charge in [0.05, 0.1) is 12.7 Å². The van der Waals surface area contributed by atoms with E-state index in [-0.39, 0.29) is 0 Å². The van der Waals surface area contributed by atoms with Crippen molar-refractivity contribution in [3.05, 3.63) is 26.7 Å². The molecule has 88 valence electrons. The molecule has 1 aromatic rings. The van der Waals surface area contributed by atoms with Gasteiger partial charge in [-0.25, -0.2) is 0 Å². The Morgan fingerprint density at radius 2 is 1.75 bits per heavy atom. The molecule has 0 aliphatic heterocycles. The lowest BCUT2D eigenvalue weighted by molar-refractivity contribution is 0.410. The summed E-state index contributed by atoms with van der Waals surface area (Å²) < 4.78 is 6.50. The lowest BCUT2D eigenvalue weighted by Gasteiger charge is -2.18. The van der Waals surface area contributed by atoms with Crippen molar-refractivity contribution in [2.24, 2.45) is 10.7 Å². The van der Waals surface area contributed by atoms with E-state index in [0.717, 1.165) is 26.9 Å². The Kier molecular flexibility index (Phi) is 3.97. The van der Waals surface area contributed by atoms with E-state index in [0.29, 0.717) is 5.84 Å². The maximum Gasteiger partial charge on any atom is 0.133 e. The predicted octanol–water partition coefficient (Wildman–Crippen LogP) is 2.72. The van der Waals surface area contributed by atoms with Crippen molar-refractivity contribution in [1.82, 2.24) is 0 Å². The molecule has 0 aromatic heterocycles. The molecule has 0 atom stereocenters. The highest BCUT2D eigenvalue weighted by atomic mass is 79.9. The minimum atomic E-state index is 0.498. The van der Waals surface area contributed by atoms with Crippen molar-refractivity contribution in [2.45, 2.75) is 20.8 Å². The number of nitrogens with two attached hydrogens (primary N) is 1. The van der Waals surface area contributed by atoms with Crippen LogP contribution < -0.4 is 10.5 Å². The molecule has 1 aromatic carbocycles. The molecule has 0 saturated carbocycles. The van der Waals surface area contributed by atoms with Gasteiger partial charge in [0.2, 0.25) is 0 Å². The van der Waals surface area contributed by atoms with E-state index < -0.39 is 0 Å². The standard InChI is InChI=1S/C12H17BrN2O/c1-6-7(2)11(16-5)9(12(14)15-4)8(3)10(6)13/h1-5H3,(H2,14,15). The number of methoxy groups -OCH3 is 1. The molecular formula is C12H17BrN2O. The predicted molar refractivity (Wildman–Crippen MR) is 71.6 cm³/mol. The third-order valence-corrected chi connectivity index (χ3v) is 4.05. The average molecular weight is 285 g/mol. The summed E-state index contributed by atoms with van der Waals surface area (Å²) in [6.07, 6.45) is 0. The van der Waals surface area contributed by atoms with E-state index in [9.17, 15) is 0 Å². The normalized spacial score (nSPS) is 11.8. The molecule has 0 saturated heterocycles. The van der Waals surface area contributed by atoms with Crippen LogP contribution in [-0.4, -0.2) is 20.0 Å². The molecule has 3 nitrogen and oxygen atoms in total. The smallest absolute Gasteiger partial charge is 0.133 e. The number of amidine groups is 1. The van der Waals surface area contributed by atoms with E-state index in [1.165, 1.54) is 5.56 Å². The number of hydrogen-bond acceptors (Lipinski definition) is 2. The highest BCUT2D eigenvalue weighted by Gasteiger charge is 2.18. The van der Waals surface area contributed by atoms with Crippen molar-refractivity contribution in [3.63, 3.8) is 0 Å². The maximum atomic E-state index is 5.91. The Hall–Kier alpha value is -1.03. The Labute approximate surface area is 105 Å². The SMILES string of the molecule is CN=C(N)c1c(C)c(Br)c(C)c(C)c1OC. The first-order chi connectivity index (χ1) is 7.45. The fourth-order valence-corrected chi connectivity index (χ4v) is 2.25. The van der Waals surface area contributed by atoms with Crippen LogP contribution in [-0.2, 0) is 0 Å². The summed E-state index contributed by atoms with van der Waals surface area (Å²) in [4.78, 5) is 4.03. The largest absolute Gasteiger partial charge is 0.496 e. The van der Waals surface area contributed by atoms with Gasteiger partial charge in [0, 0.05) is 11.5 Å². The number of halogens is 1. The van der Waals surface area contributed by atoms with Gasteiger partial charge in [0.1, 0.15) is 11.6 Å². The van der Waals surface area contributed by atoms with E-state index in [4.69, 9.17) is 10.5 Å². The summed E-state index contributed by atoms with van der Waals surface area (Å²) in [5, 5.41) is 0. The summed E-state index contributed by atoms with van der Waals surface area (Å²) in [6.45, 7) is 6.08. The van der Waals surface area contributed by atoms with Crippen molar-refractivity contribution in [3.8, 4) is 5.75 Å². The van der Waals surface area contributed by atoms with E-state index in [2.05, 4.69) is 27.8 Å².